The molecule has 0 aliphatic carbocycles. The van der Waals surface area contributed by atoms with E-state index in [1.807, 2.05) is 12.2 Å². The molecule has 0 saturated heterocycles. The van der Waals surface area contributed by atoms with E-state index in [4.69, 9.17) is 10.2 Å². The highest BCUT2D eigenvalue weighted by Crippen LogP contribution is 2.15. The molecule has 0 rings (SSSR count). The molecule has 1 unspecified atom stereocenters. The van der Waals surface area contributed by atoms with Crippen LogP contribution in [0.5, 0.6) is 0 Å². The lowest BCUT2D eigenvalue weighted by Gasteiger charge is -2.04. The lowest BCUT2D eigenvalue weighted by atomic mass is 10.0. The number of rotatable bonds is 25. The average Bonchev–Trinajstić information content (AvgIpc) is 2.76. The van der Waals surface area contributed by atoms with Crippen LogP contribution in [0.15, 0.2) is 24.8 Å². The number of hydrogen-bond acceptors (Lipinski definition) is 2. The molecule has 3 nitrogen and oxygen atoms in total. The molecule has 1 atom stereocenters. The van der Waals surface area contributed by atoms with Gasteiger partial charge in [-0.15, -0.1) is 6.58 Å². The van der Waals surface area contributed by atoms with Crippen LogP contribution in [0.1, 0.15) is 141 Å². The topological polar surface area (TPSA) is 57.5 Å². The van der Waals surface area contributed by atoms with Gasteiger partial charge in [-0.25, -0.2) is 4.79 Å². The molecule has 0 saturated carbocycles. The molecule has 0 aromatic carbocycles. The van der Waals surface area contributed by atoms with E-state index in [-0.39, 0.29) is 6.42 Å². The first-order chi connectivity index (χ1) is 15.2. The van der Waals surface area contributed by atoms with Crippen molar-refractivity contribution < 1.29 is 15.0 Å². The van der Waals surface area contributed by atoms with Gasteiger partial charge in [0.2, 0.25) is 0 Å². The Balaban J connectivity index is 3.10. The van der Waals surface area contributed by atoms with Crippen molar-refractivity contribution in [2.45, 2.75) is 147 Å². The van der Waals surface area contributed by atoms with Crippen molar-refractivity contribution >= 4 is 5.97 Å². The van der Waals surface area contributed by atoms with E-state index in [1.54, 1.807) is 6.08 Å². The summed E-state index contributed by atoms with van der Waals surface area (Å²) in [6.07, 6.45) is 33.2. The number of aliphatic hydroxyl groups excluding tert-OH is 1. The highest BCUT2D eigenvalue weighted by molar-refractivity contribution is 5.72. The minimum Gasteiger partial charge on any atom is -0.479 e. The molecule has 0 bridgehead atoms. The third kappa shape index (κ3) is 25.0. The molecule has 3 heteroatoms. The number of aliphatic hydroxyl groups is 1. The SMILES string of the molecule is C=CCCCCCCCCCCCCCCCCCCCCC/C=C/CC(O)C(=O)O. The van der Waals surface area contributed by atoms with E-state index < -0.39 is 12.1 Å². The maximum absolute atomic E-state index is 10.5. The third-order valence-corrected chi connectivity index (χ3v) is 6.09. The average molecular weight is 437 g/mol. The molecule has 0 amide bonds. The van der Waals surface area contributed by atoms with Gasteiger partial charge in [-0.3, -0.25) is 0 Å². The van der Waals surface area contributed by atoms with E-state index in [9.17, 15) is 4.79 Å². The Morgan fingerprint density at radius 1 is 0.581 bits per heavy atom. The first-order valence-electron chi connectivity index (χ1n) is 13.3. The van der Waals surface area contributed by atoms with Gasteiger partial charge in [0, 0.05) is 6.42 Å². The van der Waals surface area contributed by atoms with Gasteiger partial charge < -0.3 is 10.2 Å². The third-order valence-electron chi connectivity index (χ3n) is 6.09. The Kier molecular flexibility index (Phi) is 24.3. The summed E-state index contributed by atoms with van der Waals surface area (Å²) >= 11 is 0. The predicted molar refractivity (Wildman–Crippen MR) is 135 cm³/mol. The smallest absolute Gasteiger partial charge is 0.332 e. The van der Waals surface area contributed by atoms with E-state index in [0.29, 0.717) is 0 Å². The van der Waals surface area contributed by atoms with Crippen molar-refractivity contribution in [3.05, 3.63) is 24.8 Å². The van der Waals surface area contributed by atoms with Crippen LogP contribution in [-0.4, -0.2) is 22.3 Å². The standard InChI is InChI=1S/C28H52O3/c1-2-3-4-5-6-7-8-9-10-11-12-13-14-15-16-17-18-19-20-21-22-23-24-25-26-27(29)28(30)31/h2,24-25,27,29H,1,3-23,26H2,(H,30,31)/b25-24+. The fourth-order valence-electron chi connectivity index (χ4n) is 4.00. The summed E-state index contributed by atoms with van der Waals surface area (Å²) in [5, 5.41) is 17.7. The maximum Gasteiger partial charge on any atom is 0.332 e. The Morgan fingerprint density at radius 2 is 0.903 bits per heavy atom. The molecule has 0 aliphatic heterocycles. The van der Waals surface area contributed by atoms with Crippen LogP contribution < -0.4 is 0 Å². The number of unbranched alkanes of at least 4 members (excludes halogenated alkanes) is 20. The van der Waals surface area contributed by atoms with E-state index >= 15 is 0 Å². The molecule has 31 heavy (non-hydrogen) atoms. The number of carboxylic acids is 1. The molecule has 0 aliphatic rings. The fourth-order valence-corrected chi connectivity index (χ4v) is 4.00. The predicted octanol–water partition coefficient (Wildman–Crippen LogP) is 8.76. The van der Waals surface area contributed by atoms with Gasteiger partial charge >= 0.3 is 5.97 Å². The zero-order valence-corrected chi connectivity index (χ0v) is 20.4. The normalized spacial score (nSPS) is 12.4. The number of aliphatic carboxylic acids is 1. The quantitative estimate of drug-likeness (QED) is 0.111. The first kappa shape index (κ1) is 29.9. The lowest BCUT2D eigenvalue weighted by Crippen LogP contribution is -2.17. The van der Waals surface area contributed by atoms with E-state index in [0.717, 1.165) is 12.8 Å². The molecular formula is C28H52O3. The van der Waals surface area contributed by atoms with Gasteiger partial charge in [0.15, 0.2) is 6.10 Å². The van der Waals surface area contributed by atoms with Crippen molar-refractivity contribution in [2.75, 3.05) is 0 Å². The van der Waals surface area contributed by atoms with Gasteiger partial charge in [0.25, 0.3) is 0 Å². The van der Waals surface area contributed by atoms with Gasteiger partial charge in [0.05, 0.1) is 0 Å². The van der Waals surface area contributed by atoms with Crippen LogP contribution >= 0.6 is 0 Å². The summed E-state index contributed by atoms with van der Waals surface area (Å²) < 4.78 is 0. The van der Waals surface area contributed by atoms with Gasteiger partial charge in [-0.1, -0.05) is 127 Å². The molecule has 182 valence electrons. The van der Waals surface area contributed by atoms with Crippen LogP contribution in [-0.2, 0) is 4.79 Å². The van der Waals surface area contributed by atoms with Crippen LogP contribution in [0, 0.1) is 0 Å². The van der Waals surface area contributed by atoms with E-state index in [2.05, 4.69) is 6.58 Å². The summed E-state index contributed by atoms with van der Waals surface area (Å²) in [6, 6.07) is 0. The second-order valence-corrected chi connectivity index (χ2v) is 9.14. The minimum absolute atomic E-state index is 0.215. The zero-order valence-electron chi connectivity index (χ0n) is 20.4. The number of carbonyl (C=O) groups is 1. The maximum atomic E-state index is 10.5. The molecule has 0 heterocycles. The highest BCUT2D eigenvalue weighted by atomic mass is 16.4. The fraction of sp³-hybridized carbons (Fsp3) is 0.821. The monoisotopic (exact) mass is 436 g/mol. The van der Waals surface area contributed by atoms with E-state index in [1.165, 1.54) is 122 Å². The van der Waals surface area contributed by atoms with Crippen LogP contribution in [0.4, 0.5) is 0 Å². The summed E-state index contributed by atoms with van der Waals surface area (Å²) in [7, 11) is 0. The number of carboxylic acid groups (broad SMARTS) is 1. The summed E-state index contributed by atoms with van der Waals surface area (Å²) in [6.45, 7) is 3.78. The molecule has 0 fully saturated rings. The second-order valence-electron chi connectivity index (χ2n) is 9.14. The summed E-state index contributed by atoms with van der Waals surface area (Å²) in [5.74, 6) is -1.14. The Hall–Kier alpha value is -1.09. The molecular weight excluding hydrogens is 384 g/mol. The largest absolute Gasteiger partial charge is 0.479 e. The van der Waals surface area contributed by atoms with Crippen molar-refractivity contribution in [3.8, 4) is 0 Å². The van der Waals surface area contributed by atoms with Gasteiger partial charge in [0.1, 0.15) is 0 Å². The first-order valence-corrected chi connectivity index (χ1v) is 13.3. The zero-order chi connectivity index (χ0) is 22.8. The molecule has 0 aromatic heterocycles. The molecule has 0 spiro atoms. The molecule has 0 aromatic rings. The Labute approximate surface area is 193 Å². The van der Waals surface area contributed by atoms with Gasteiger partial charge in [-0.05, 0) is 25.7 Å². The molecule has 0 radical (unpaired) electrons. The second kappa shape index (κ2) is 25.2. The van der Waals surface area contributed by atoms with Crippen LogP contribution in [0.3, 0.4) is 0 Å². The highest BCUT2D eigenvalue weighted by Gasteiger charge is 2.09. The minimum atomic E-state index is -1.26. The molecule has 2 N–H and O–H groups in total. The Morgan fingerprint density at radius 3 is 1.23 bits per heavy atom. The Bertz CT molecular complexity index is 416. The van der Waals surface area contributed by atoms with Crippen molar-refractivity contribution in [1.82, 2.24) is 0 Å². The summed E-state index contributed by atoms with van der Waals surface area (Å²) in [5.41, 5.74) is 0. The van der Waals surface area contributed by atoms with Gasteiger partial charge in [-0.2, -0.15) is 0 Å². The van der Waals surface area contributed by atoms with Crippen molar-refractivity contribution in [2.24, 2.45) is 0 Å². The lowest BCUT2D eigenvalue weighted by molar-refractivity contribution is -0.146. The number of hydrogen-bond donors (Lipinski definition) is 2. The van der Waals surface area contributed by atoms with Crippen LogP contribution in [0.2, 0.25) is 0 Å². The van der Waals surface area contributed by atoms with Crippen molar-refractivity contribution in [1.29, 1.82) is 0 Å². The summed E-state index contributed by atoms with van der Waals surface area (Å²) in [4.78, 5) is 10.5. The number of allylic oxidation sites excluding steroid dienone is 2. The van der Waals surface area contributed by atoms with Crippen molar-refractivity contribution in [3.63, 3.8) is 0 Å². The van der Waals surface area contributed by atoms with Crippen LogP contribution in [0.25, 0.3) is 0 Å².